The van der Waals surface area contributed by atoms with Crippen LogP contribution >= 0.6 is 34.8 Å². The molecule has 0 saturated carbocycles. The number of nitrogens with one attached hydrogen (secondary N) is 1. The van der Waals surface area contributed by atoms with Crippen molar-refractivity contribution in [3.63, 3.8) is 0 Å². The summed E-state index contributed by atoms with van der Waals surface area (Å²) in [7, 11) is 0. The van der Waals surface area contributed by atoms with Crippen LogP contribution in [-0.2, 0) is 4.79 Å². The van der Waals surface area contributed by atoms with E-state index in [9.17, 15) is 4.79 Å². The van der Waals surface area contributed by atoms with E-state index >= 15 is 0 Å². The first kappa shape index (κ1) is 19.4. The van der Waals surface area contributed by atoms with Gasteiger partial charge in [-0.2, -0.15) is 5.10 Å². The van der Waals surface area contributed by atoms with Crippen molar-refractivity contribution >= 4 is 46.9 Å². The van der Waals surface area contributed by atoms with Crippen molar-refractivity contribution in [2.75, 3.05) is 13.2 Å². The second-order valence-electron chi connectivity index (χ2n) is 4.78. The molecule has 2 aromatic carbocycles. The molecule has 0 radical (unpaired) electrons. The van der Waals surface area contributed by atoms with Gasteiger partial charge in [-0.25, -0.2) is 5.43 Å². The largest absolute Gasteiger partial charge is 0.494 e. The van der Waals surface area contributed by atoms with E-state index < -0.39 is 5.91 Å². The van der Waals surface area contributed by atoms with Gasteiger partial charge in [0.25, 0.3) is 5.91 Å². The first-order chi connectivity index (χ1) is 12.0. The molecule has 0 saturated heterocycles. The highest BCUT2D eigenvalue weighted by Gasteiger charge is 2.09. The van der Waals surface area contributed by atoms with Crippen LogP contribution < -0.4 is 14.9 Å². The highest BCUT2D eigenvalue weighted by atomic mass is 35.5. The van der Waals surface area contributed by atoms with Gasteiger partial charge >= 0.3 is 0 Å². The molecule has 1 amide bonds. The van der Waals surface area contributed by atoms with Crippen LogP contribution in [0.5, 0.6) is 11.5 Å². The number of carbonyl (C=O) groups is 1. The first-order valence-electron chi connectivity index (χ1n) is 7.31. The average Bonchev–Trinajstić information content (AvgIpc) is 2.59. The first-order valence-corrected chi connectivity index (χ1v) is 8.45. The molecule has 0 heterocycles. The molecule has 132 valence electrons. The number of hydrogen-bond acceptors (Lipinski definition) is 4. The van der Waals surface area contributed by atoms with Crippen LogP contribution in [0.15, 0.2) is 41.5 Å². The fourth-order valence-electron chi connectivity index (χ4n) is 1.79. The second kappa shape index (κ2) is 9.51. The summed E-state index contributed by atoms with van der Waals surface area (Å²) in [5, 5.41) is 4.72. The number of halogens is 3. The van der Waals surface area contributed by atoms with E-state index in [0.29, 0.717) is 11.6 Å². The molecular formula is C17H15Cl3N2O3. The number of carbonyl (C=O) groups excluding carboxylic acids is 1. The topological polar surface area (TPSA) is 59.9 Å². The lowest BCUT2D eigenvalue weighted by Crippen LogP contribution is -2.24. The van der Waals surface area contributed by atoms with Gasteiger partial charge in [-0.3, -0.25) is 4.79 Å². The van der Waals surface area contributed by atoms with Gasteiger partial charge in [0.05, 0.1) is 27.9 Å². The number of ether oxygens (including phenoxy) is 2. The van der Waals surface area contributed by atoms with Crippen LogP contribution in [0.4, 0.5) is 0 Å². The highest BCUT2D eigenvalue weighted by Crippen LogP contribution is 2.33. The Morgan fingerprint density at radius 3 is 2.44 bits per heavy atom. The van der Waals surface area contributed by atoms with Gasteiger partial charge in [-0.05, 0) is 42.8 Å². The summed E-state index contributed by atoms with van der Waals surface area (Å²) in [5.41, 5.74) is 3.18. The molecular weight excluding hydrogens is 387 g/mol. The molecule has 25 heavy (non-hydrogen) atoms. The van der Waals surface area contributed by atoms with Gasteiger partial charge < -0.3 is 9.47 Å². The van der Waals surface area contributed by atoms with E-state index in [2.05, 4.69) is 10.5 Å². The Hall–Kier alpha value is -1.95. The van der Waals surface area contributed by atoms with E-state index in [4.69, 9.17) is 44.3 Å². The van der Waals surface area contributed by atoms with Crippen molar-refractivity contribution in [1.29, 1.82) is 0 Å². The van der Waals surface area contributed by atoms with Crippen LogP contribution in [0, 0.1) is 0 Å². The van der Waals surface area contributed by atoms with Crippen LogP contribution in [0.25, 0.3) is 0 Å². The number of amides is 1. The van der Waals surface area contributed by atoms with Crippen LogP contribution in [0.3, 0.4) is 0 Å². The Morgan fingerprint density at radius 2 is 1.76 bits per heavy atom. The highest BCUT2D eigenvalue weighted by molar-refractivity contribution is 6.43. The number of benzene rings is 2. The summed E-state index contributed by atoms with van der Waals surface area (Å²) in [5.74, 6) is 0.599. The molecule has 0 spiro atoms. The molecule has 2 aromatic rings. The predicted octanol–water partition coefficient (Wildman–Crippen LogP) is 4.57. The van der Waals surface area contributed by atoms with Crippen LogP contribution in [0.1, 0.15) is 12.5 Å². The second-order valence-corrected chi connectivity index (χ2v) is 6.00. The zero-order valence-electron chi connectivity index (χ0n) is 13.3. The zero-order chi connectivity index (χ0) is 18.2. The molecule has 8 heteroatoms. The van der Waals surface area contributed by atoms with E-state index in [1.165, 1.54) is 18.3 Å². The smallest absolute Gasteiger partial charge is 0.277 e. The molecule has 0 aliphatic rings. The standard InChI is InChI=1S/C17H15Cl3N2O3/c1-2-24-12-5-3-11(4-6-12)9-21-22-17(23)10-25-16-8-14(19)13(18)7-15(16)20/h3-9H,2,10H2,1H3,(H,22,23). The average molecular weight is 402 g/mol. The minimum absolute atomic E-state index is 0.264. The Balaban J connectivity index is 1.83. The molecule has 2 rings (SSSR count). The predicted molar refractivity (Wildman–Crippen MR) is 100 cm³/mol. The Labute approximate surface area is 160 Å². The monoisotopic (exact) mass is 400 g/mol. The molecule has 1 N–H and O–H groups in total. The molecule has 0 aliphatic heterocycles. The summed E-state index contributed by atoms with van der Waals surface area (Å²) in [6, 6.07) is 10.2. The quantitative estimate of drug-likeness (QED) is 0.420. The summed E-state index contributed by atoms with van der Waals surface area (Å²) in [6.45, 7) is 2.25. The Morgan fingerprint density at radius 1 is 1.08 bits per heavy atom. The van der Waals surface area contributed by atoms with Gasteiger partial charge in [-0.1, -0.05) is 34.8 Å². The Bertz CT molecular complexity index is 764. The van der Waals surface area contributed by atoms with Gasteiger partial charge in [0.1, 0.15) is 11.5 Å². The summed E-state index contributed by atoms with van der Waals surface area (Å²) in [6.07, 6.45) is 1.51. The lowest BCUT2D eigenvalue weighted by Gasteiger charge is -2.08. The molecule has 5 nitrogen and oxygen atoms in total. The van der Waals surface area contributed by atoms with Crippen molar-refractivity contribution in [1.82, 2.24) is 5.43 Å². The molecule has 0 aliphatic carbocycles. The third-order valence-electron chi connectivity index (χ3n) is 2.93. The van der Waals surface area contributed by atoms with Gasteiger partial charge in [-0.15, -0.1) is 0 Å². The maximum absolute atomic E-state index is 11.7. The van der Waals surface area contributed by atoms with Crippen molar-refractivity contribution in [3.05, 3.63) is 57.0 Å². The van der Waals surface area contributed by atoms with E-state index in [0.717, 1.165) is 11.3 Å². The van der Waals surface area contributed by atoms with E-state index in [1.807, 2.05) is 31.2 Å². The Kier molecular flexibility index (Phi) is 7.37. The number of hydrazone groups is 1. The van der Waals surface area contributed by atoms with Crippen molar-refractivity contribution in [2.24, 2.45) is 5.10 Å². The van der Waals surface area contributed by atoms with Gasteiger partial charge in [0.15, 0.2) is 6.61 Å². The minimum atomic E-state index is -0.440. The number of rotatable bonds is 7. The SMILES string of the molecule is CCOc1ccc(C=NNC(=O)COc2cc(Cl)c(Cl)cc2Cl)cc1. The van der Waals surface area contributed by atoms with Crippen molar-refractivity contribution in [2.45, 2.75) is 6.92 Å². The van der Waals surface area contributed by atoms with Crippen LogP contribution in [0.2, 0.25) is 15.1 Å². The molecule has 0 aromatic heterocycles. The summed E-state index contributed by atoms with van der Waals surface area (Å²) < 4.78 is 10.6. The van der Waals surface area contributed by atoms with Crippen molar-refractivity contribution < 1.29 is 14.3 Å². The lowest BCUT2D eigenvalue weighted by molar-refractivity contribution is -0.123. The normalized spacial score (nSPS) is 10.7. The molecule has 0 bridgehead atoms. The van der Waals surface area contributed by atoms with Crippen LogP contribution in [-0.4, -0.2) is 25.3 Å². The lowest BCUT2D eigenvalue weighted by atomic mass is 10.2. The van der Waals surface area contributed by atoms with Crippen molar-refractivity contribution in [3.8, 4) is 11.5 Å². The summed E-state index contributed by atoms with van der Waals surface area (Å²) >= 11 is 17.7. The van der Waals surface area contributed by atoms with Gasteiger partial charge in [0.2, 0.25) is 0 Å². The fraction of sp³-hybridized carbons (Fsp3) is 0.176. The van der Waals surface area contributed by atoms with E-state index in [1.54, 1.807) is 0 Å². The molecule has 0 fully saturated rings. The number of nitrogens with zero attached hydrogens (tertiary/aromatic N) is 1. The summed E-state index contributed by atoms with van der Waals surface area (Å²) in [4.78, 5) is 11.7. The number of hydrogen-bond donors (Lipinski definition) is 1. The maximum atomic E-state index is 11.7. The van der Waals surface area contributed by atoms with Gasteiger partial charge in [0, 0.05) is 6.07 Å². The third-order valence-corrected chi connectivity index (χ3v) is 3.95. The zero-order valence-corrected chi connectivity index (χ0v) is 15.5. The molecule has 0 atom stereocenters. The van der Waals surface area contributed by atoms with E-state index in [-0.39, 0.29) is 22.4 Å². The minimum Gasteiger partial charge on any atom is -0.494 e. The maximum Gasteiger partial charge on any atom is 0.277 e. The third kappa shape index (κ3) is 6.12. The molecule has 0 unspecified atom stereocenters. The fourth-order valence-corrected chi connectivity index (χ4v) is 2.38.